The quantitative estimate of drug-likeness (QED) is 0.102. The molecule has 0 atom stereocenters. The van der Waals surface area contributed by atoms with Gasteiger partial charge in [-0.05, 0) is 97.7 Å². The number of aryl methyl sites for hydroxylation is 2. The van der Waals surface area contributed by atoms with Crippen molar-refractivity contribution >= 4 is 21.8 Å². The second-order valence-electron chi connectivity index (χ2n) is 12.9. The van der Waals surface area contributed by atoms with Crippen molar-refractivity contribution in [3.05, 3.63) is 114 Å². The summed E-state index contributed by atoms with van der Waals surface area (Å²) in [6.45, 7) is 7.69. The molecule has 0 N–H and O–H groups in total. The molecule has 1 aliphatic rings. The summed E-state index contributed by atoms with van der Waals surface area (Å²) < 4.78 is 10.8. The largest absolute Gasteiger partial charge is 0.378 e. The summed E-state index contributed by atoms with van der Waals surface area (Å²) in [5.74, 6) is 1.53. The normalized spacial score (nSPS) is 16.6. The summed E-state index contributed by atoms with van der Waals surface area (Å²) in [4.78, 5) is 4.87. The van der Waals surface area contributed by atoms with Crippen molar-refractivity contribution in [1.29, 1.82) is 0 Å². The van der Waals surface area contributed by atoms with Crippen LogP contribution in [0.15, 0.2) is 91.3 Å². The van der Waals surface area contributed by atoms with Gasteiger partial charge in [-0.25, -0.2) is 0 Å². The Balaban J connectivity index is 0.00000372. The summed E-state index contributed by atoms with van der Waals surface area (Å²) in [6, 6.07) is 32.1. The molecule has 1 aliphatic carbocycles. The molecule has 2 heterocycles. The van der Waals surface area contributed by atoms with Gasteiger partial charge in [0, 0.05) is 56.0 Å². The Kier molecular flexibility index (Phi) is 10.2. The molecule has 239 valence electrons. The first-order chi connectivity index (χ1) is 22.1. The van der Waals surface area contributed by atoms with Gasteiger partial charge in [0.2, 0.25) is 0 Å². The van der Waals surface area contributed by atoms with E-state index in [1.165, 1.54) is 90.0 Å². The minimum Gasteiger partial charge on any atom is -0.378 e. The van der Waals surface area contributed by atoms with E-state index in [1.54, 1.807) is 0 Å². The van der Waals surface area contributed by atoms with E-state index in [2.05, 4.69) is 121 Å². The first-order valence-electron chi connectivity index (χ1n) is 16.9. The van der Waals surface area contributed by atoms with E-state index in [-0.39, 0.29) is 20.1 Å². The first-order valence-corrected chi connectivity index (χ1v) is 16.9. The van der Waals surface area contributed by atoms with Crippen molar-refractivity contribution in [1.82, 2.24) is 14.1 Å². The van der Waals surface area contributed by atoms with E-state index in [0.29, 0.717) is 12.0 Å². The molecule has 6 aromatic rings. The Labute approximate surface area is 287 Å². The SMILES string of the molecule is CCCCCCOC1CCC(c2cc(C)c(-n3ccnc3-c3[c-]cc4c(c3)c3ccccc3n4-c3ccccc3)c(C)c2)CC1.[Ir]. The molecule has 0 bridgehead atoms. The van der Waals surface area contributed by atoms with E-state index in [4.69, 9.17) is 9.72 Å². The fraction of sp³-hybridized carbons (Fsp3) is 0.341. The zero-order valence-electron chi connectivity index (χ0n) is 27.3. The van der Waals surface area contributed by atoms with E-state index in [9.17, 15) is 0 Å². The van der Waals surface area contributed by atoms with Gasteiger partial charge in [-0.15, -0.1) is 23.8 Å². The van der Waals surface area contributed by atoms with Gasteiger partial charge >= 0.3 is 0 Å². The van der Waals surface area contributed by atoms with Crippen molar-refractivity contribution < 1.29 is 24.8 Å². The molecule has 1 radical (unpaired) electrons. The number of ether oxygens (including phenoxy) is 1. The predicted molar refractivity (Wildman–Crippen MR) is 187 cm³/mol. The fourth-order valence-corrected chi connectivity index (χ4v) is 7.52. The van der Waals surface area contributed by atoms with Crippen LogP contribution in [0.1, 0.15) is 80.9 Å². The third-order valence-corrected chi connectivity index (χ3v) is 9.75. The number of para-hydroxylation sites is 2. The van der Waals surface area contributed by atoms with E-state index < -0.39 is 0 Å². The van der Waals surface area contributed by atoms with Gasteiger partial charge in [-0.2, -0.15) is 0 Å². The summed E-state index contributed by atoms with van der Waals surface area (Å²) in [6.07, 6.45) is 14.3. The summed E-state index contributed by atoms with van der Waals surface area (Å²) >= 11 is 0. The van der Waals surface area contributed by atoms with Gasteiger partial charge in [-0.3, -0.25) is 4.98 Å². The molecule has 4 nitrogen and oxygen atoms in total. The number of nitrogens with zero attached hydrogens (tertiary/aromatic N) is 3. The smallest absolute Gasteiger partial charge is 0.0603 e. The van der Waals surface area contributed by atoms with Crippen LogP contribution in [-0.2, 0) is 24.8 Å². The second kappa shape index (κ2) is 14.5. The third kappa shape index (κ3) is 6.38. The van der Waals surface area contributed by atoms with Crippen molar-refractivity contribution in [3.8, 4) is 22.8 Å². The van der Waals surface area contributed by atoms with Gasteiger partial charge in [-0.1, -0.05) is 80.1 Å². The van der Waals surface area contributed by atoms with Crippen LogP contribution in [0.3, 0.4) is 0 Å². The number of hydrogen-bond donors (Lipinski definition) is 0. The molecule has 7 rings (SSSR count). The standard InChI is InChI=1S/C41H44N3O.Ir/c1-4-5-6-12-25-45-35-20-17-31(18-21-35)33-26-29(2)40(30(3)27-33)43-24-23-42-41(43)32-19-22-39-37(28-32)36-15-10-11-16-38(36)44(39)34-13-8-7-9-14-34;/h7-11,13-16,22-24,26-28,31,35H,4-6,12,17-18,20-21,25H2,1-3H3;/q-1;. The number of aromatic nitrogens is 3. The number of imidazole rings is 1. The number of hydrogen-bond acceptors (Lipinski definition) is 2. The van der Waals surface area contributed by atoms with Crippen LogP contribution in [0.25, 0.3) is 44.6 Å². The zero-order chi connectivity index (χ0) is 30.8. The molecule has 46 heavy (non-hydrogen) atoms. The Bertz CT molecular complexity index is 1890. The molecule has 0 aliphatic heterocycles. The van der Waals surface area contributed by atoms with Crippen molar-refractivity contribution in [2.75, 3.05) is 6.61 Å². The Morgan fingerprint density at radius 1 is 0.826 bits per heavy atom. The van der Waals surface area contributed by atoms with Gasteiger partial charge in [0.05, 0.1) is 11.9 Å². The summed E-state index contributed by atoms with van der Waals surface area (Å²) in [5.41, 5.74) is 9.77. The van der Waals surface area contributed by atoms with E-state index >= 15 is 0 Å². The molecular weight excluding hydrogens is 743 g/mol. The molecule has 0 spiro atoms. The number of rotatable bonds is 10. The van der Waals surface area contributed by atoms with Crippen LogP contribution in [0.4, 0.5) is 0 Å². The number of benzene rings is 4. The number of unbranched alkanes of at least 4 members (excludes halogenated alkanes) is 3. The average molecular weight is 787 g/mol. The Morgan fingerprint density at radius 2 is 1.57 bits per heavy atom. The van der Waals surface area contributed by atoms with Crippen molar-refractivity contribution in [2.45, 2.75) is 84.2 Å². The fourth-order valence-electron chi connectivity index (χ4n) is 7.52. The monoisotopic (exact) mass is 787 g/mol. The molecule has 1 fully saturated rings. The maximum Gasteiger partial charge on any atom is 0.0603 e. The van der Waals surface area contributed by atoms with Crippen LogP contribution < -0.4 is 0 Å². The van der Waals surface area contributed by atoms with Crippen LogP contribution in [0.5, 0.6) is 0 Å². The van der Waals surface area contributed by atoms with Crippen molar-refractivity contribution in [2.24, 2.45) is 0 Å². The third-order valence-electron chi connectivity index (χ3n) is 9.75. The van der Waals surface area contributed by atoms with Crippen LogP contribution in [0, 0.1) is 19.9 Å². The minimum absolute atomic E-state index is 0. The van der Waals surface area contributed by atoms with Crippen LogP contribution in [-0.4, -0.2) is 26.8 Å². The molecule has 5 heteroatoms. The van der Waals surface area contributed by atoms with E-state index in [0.717, 1.165) is 29.2 Å². The first kappa shape index (κ1) is 32.4. The maximum atomic E-state index is 6.24. The number of fused-ring (bicyclic) bond motifs is 3. The van der Waals surface area contributed by atoms with Gasteiger partial charge in [0.25, 0.3) is 0 Å². The second-order valence-corrected chi connectivity index (χ2v) is 12.9. The summed E-state index contributed by atoms with van der Waals surface area (Å²) in [5, 5.41) is 2.44. The van der Waals surface area contributed by atoms with Crippen LogP contribution >= 0.6 is 0 Å². The zero-order valence-corrected chi connectivity index (χ0v) is 29.7. The molecule has 0 saturated heterocycles. The molecule has 0 unspecified atom stereocenters. The van der Waals surface area contributed by atoms with Gasteiger partial charge < -0.3 is 13.9 Å². The Morgan fingerprint density at radius 3 is 2.33 bits per heavy atom. The maximum absolute atomic E-state index is 6.24. The molecular formula is C41H44IrN3O-. The van der Waals surface area contributed by atoms with Crippen LogP contribution in [0.2, 0.25) is 0 Å². The molecule has 1 saturated carbocycles. The van der Waals surface area contributed by atoms with Gasteiger partial charge in [0.1, 0.15) is 0 Å². The Hall–Kier alpha value is -3.50. The summed E-state index contributed by atoms with van der Waals surface area (Å²) in [7, 11) is 0. The topological polar surface area (TPSA) is 32.0 Å². The molecule has 2 aromatic heterocycles. The average Bonchev–Trinajstić information content (AvgIpc) is 3.68. The van der Waals surface area contributed by atoms with Crippen molar-refractivity contribution in [3.63, 3.8) is 0 Å². The molecule has 0 amide bonds. The van der Waals surface area contributed by atoms with Gasteiger partial charge in [0.15, 0.2) is 0 Å². The van der Waals surface area contributed by atoms with E-state index in [1.807, 2.05) is 6.20 Å². The minimum atomic E-state index is 0. The predicted octanol–water partition coefficient (Wildman–Crippen LogP) is 10.7. The molecule has 4 aromatic carbocycles.